The molecule has 0 saturated carbocycles. The zero-order valence-electron chi connectivity index (χ0n) is 18.2. The zero-order chi connectivity index (χ0) is 22.9. The molecule has 2 aromatic rings. The van der Waals surface area contributed by atoms with Crippen molar-refractivity contribution in [2.24, 2.45) is 0 Å². The van der Waals surface area contributed by atoms with Crippen LogP contribution in [0, 0.1) is 6.92 Å². The van der Waals surface area contributed by atoms with Gasteiger partial charge < -0.3 is 23.3 Å². The largest absolute Gasteiger partial charge is 0.394 e. The minimum absolute atomic E-state index is 0.0529. The molecule has 32 heavy (non-hydrogen) atoms. The monoisotopic (exact) mass is 466 g/mol. The lowest BCUT2D eigenvalue weighted by Crippen LogP contribution is -2.48. The molecule has 0 spiro atoms. The van der Waals surface area contributed by atoms with Crippen LogP contribution in [0.3, 0.4) is 0 Å². The smallest absolute Gasteiger partial charge is 0.349 e. The average Bonchev–Trinajstić information content (AvgIpc) is 3.20. The summed E-state index contributed by atoms with van der Waals surface area (Å²) in [4.78, 5) is 26.3. The van der Waals surface area contributed by atoms with E-state index in [1.165, 1.54) is 10.8 Å². The Balaban J connectivity index is 1.70. The number of nitrogens with zero attached hydrogens (tertiary/aromatic N) is 1. The standard InChI is InChI=1S/C21H27N2O8P/c1-4-28-32(26,29-5-2)21(15-9-7-6-8-10-15)27-13-17-16(31-21)11-18(30-17)23-12-14(3)19(24)22-20(23)25/h6-10,12,16-18H,4-5,11,13H2,1-3H3,(H,22,24,25)/t16-,17+,18+,21-/m0/s1. The van der Waals surface area contributed by atoms with Gasteiger partial charge in [-0.3, -0.25) is 18.9 Å². The van der Waals surface area contributed by atoms with Crippen molar-refractivity contribution in [1.29, 1.82) is 0 Å². The van der Waals surface area contributed by atoms with Crippen molar-refractivity contribution in [2.75, 3.05) is 19.8 Å². The summed E-state index contributed by atoms with van der Waals surface area (Å²) in [5.74, 6) is 0. The molecule has 1 aromatic carbocycles. The first-order valence-electron chi connectivity index (χ1n) is 10.6. The van der Waals surface area contributed by atoms with Gasteiger partial charge in [-0.25, -0.2) is 4.79 Å². The molecule has 11 heteroatoms. The molecule has 2 fully saturated rings. The molecule has 2 aliphatic rings. The topological polar surface area (TPSA) is 118 Å². The van der Waals surface area contributed by atoms with Crippen molar-refractivity contribution in [1.82, 2.24) is 9.55 Å². The van der Waals surface area contributed by atoms with Gasteiger partial charge in [0.25, 0.3) is 5.56 Å². The first-order valence-corrected chi connectivity index (χ1v) is 12.1. The maximum absolute atomic E-state index is 13.9. The number of rotatable bonds is 7. The molecule has 10 nitrogen and oxygen atoms in total. The predicted molar refractivity (Wildman–Crippen MR) is 114 cm³/mol. The van der Waals surface area contributed by atoms with Crippen LogP contribution >= 0.6 is 7.60 Å². The Morgan fingerprint density at radius 3 is 2.50 bits per heavy atom. The van der Waals surface area contributed by atoms with Gasteiger partial charge in [-0.1, -0.05) is 30.3 Å². The van der Waals surface area contributed by atoms with Crippen LogP contribution in [0.5, 0.6) is 0 Å². The van der Waals surface area contributed by atoms with Crippen molar-refractivity contribution >= 4 is 7.60 Å². The predicted octanol–water partition coefficient (Wildman–Crippen LogP) is 2.62. The Labute approximate surface area is 184 Å². The van der Waals surface area contributed by atoms with E-state index in [0.717, 1.165) is 0 Å². The minimum atomic E-state index is -3.93. The molecule has 0 bridgehead atoms. The number of benzene rings is 1. The van der Waals surface area contributed by atoms with Crippen LogP contribution in [0.15, 0.2) is 46.1 Å². The number of hydrogen-bond donors (Lipinski definition) is 1. The molecule has 2 saturated heterocycles. The van der Waals surface area contributed by atoms with Gasteiger partial charge in [0.2, 0.25) is 0 Å². The lowest BCUT2D eigenvalue weighted by molar-refractivity contribution is -0.283. The van der Waals surface area contributed by atoms with Gasteiger partial charge in [0, 0.05) is 23.7 Å². The van der Waals surface area contributed by atoms with Crippen molar-refractivity contribution in [3.63, 3.8) is 0 Å². The zero-order valence-corrected chi connectivity index (χ0v) is 19.1. The molecule has 4 atom stereocenters. The highest BCUT2D eigenvalue weighted by atomic mass is 31.2. The third kappa shape index (κ3) is 3.91. The van der Waals surface area contributed by atoms with E-state index in [0.29, 0.717) is 11.1 Å². The maximum Gasteiger partial charge on any atom is 0.394 e. The van der Waals surface area contributed by atoms with Crippen LogP contribution in [-0.4, -0.2) is 41.6 Å². The summed E-state index contributed by atoms with van der Waals surface area (Å²) >= 11 is 0. The Morgan fingerprint density at radius 2 is 1.84 bits per heavy atom. The molecule has 4 rings (SSSR count). The number of ether oxygens (including phenoxy) is 3. The summed E-state index contributed by atoms with van der Waals surface area (Å²) in [6.45, 7) is 5.37. The normalized spacial score (nSPS) is 27.9. The van der Waals surface area contributed by atoms with Gasteiger partial charge >= 0.3 is 18.8 Å². The number of hydrogen-bond acceptors (Lipinski definition) is 8. The molecule has 3 heterocycles. The van der Waals surface area contributed by atoms with Crippen LogP contribution < -0.4 is 11.2 Å². The SMILES string of the molecule is CCOP(=O)(OCC)[C@@]1(c2ccccc2)OC[C@H]2O[C@@H](n3cc(C)c(=O)[nH]c3=O)C[C@@H]2O1. The van der Waals surface area contributed by atoms with E-state index in [1.54, 1.807) is 45.0 Å². The van der Waals surface area contributed by atoms with Crippen molar-refractivity contribution in [3.05, 3.63) is 68.5 Å². The number of aryl methyl sites for hydroxylation is 1. The van der Waals surface area contributed by atoms with Crippen LogP contribution in [0.2, 0.25) is 0 Å². The lowest BCUT2D eigenvalue weighted by atomic mass is 10.1. The summed E-state index contributed by atoms with van der Waals surface area (Å²) in [5.41, 5.74) is -1.90. The Kier molecular flexibility index (Phi) is 6.53. The fourth-order valence-electron chi connectivity index (χ4n) is 4.03. The van der Waals surface area contributed by atoms with E-state index < -0.39 is 42.8 Å². The van der Waals surface area contributed by atoms with E-state index in [9.17, 15) is 14.2 Å². The van der Waals surface area contributed by atoms with Gasteiger partial charge in [0.1, 0.15) is 12.3 Å². The van der Waals surface area contributed by atoms with Gasteiger partial charge in [-0.05, 0) is 20.8 Å². The fourth-order valence-corrected chi connectivity index (χ4v) is 6.09. The Hall–Kier alpha value is -2.07. The van der Waals surface area contributed by atoms with Gasteiger partial charge in [0.05, 0.1) is 25.9 Å². The van der Waals surface area contributed by atoms with E-state index in [-0.39, 0.29) is 26.2 Å². The van der Waals surface area contributed by atoms with Crippen LogP contribution in [0.1, 0.15) is 37.6 Å². The second kappa shape index (κ2) is 9.05. The van der Waals surface area contributed by atoms with Crippen LogP contribution in [-0.2, 0) is 33.4 Å². The summed E-state index contributed by atoms with van der Waals surface area (Å²) in [6, 6.07) is 8.89. The Morgan fingerprint density at radius 1 is 1.16 bits per heavy atom. The lowest BCUT2D eigenvalue weighted by Gasteiger charge is -2.44. The highest BCUT2D eigenvalue weighted by molar-refractivity contribution is 7.54. The molecule has 0 aliphatic carbocycles. The highest BCUT2D eigenvalue weighted by Gasteiger charge is 2.61. The quantitative estimate of drug-likeness (QED) is 0.619. The number of aromatic nitrogens is 2. The molecule has 0 radical (unpaired) electrons. The minimum Gasteiger partial charge on any atom is -0.349 e. The van der Waals surface area contributed by atoms with Crippen molar-refractivity contribution in [3.8, 4) is 0 Å². The fraction of sp³-hybridized carbons (Fsp3) is 0.524. The first-order chi connectivity index (χ1) is 15.3. The van der Waals surface area contributed by atoms with Gasteiger partial charge in [-0.15, -0.1) is 0 Å². The van der Waals surface area contributed by atoms with Crippen molar-refractivity contribution < 1.29 is 27.8 Å². The molecular weight excluding hydrogens is 439 g/mol. The average molecular weight is 466 g/mol. The molecule has 0 unspecified atom stereocenters. The summed E-state index contributed by atoms with van der Waals surface area (Å²) in [5, 5.41) is 0. The van der Waals surface area contributed by atoms with E-state index >= 15 is 0 Å². The van der Waals surface area contributed by atoms with E-state index in [1.807, 2.05) is 6.07 Å². The molecule has 0 amide bonds. The molecule has 1 aromatic heterocycles. The third-order valence-electron chi connectivity index (χ3n) is 5.49. The summed E-state index contributed by atoms with van der Waals surface area (Å²) in [6.07, 6.45) is 0.00299. The van der Waals surface area contributed by atoms with E-state index in [4.69, 9.17) is 23.3 Å². The third-order valence-corrected chi connectivity index (χ3v) is 7.90. The Bertz CT molecular complexity index is 1110. The first kappa shape index (κ1) is 23.1. The van der Waals surface area contributed by atoms with Crippen LogP contribution in [0.25, 0.3) is 0 Å². The molecule has 2 aliphatic heterocycles. The molecule has 1 N–H and O–H groups in total. The van der Waals surface area contributed by atoms with Crippen molar-refractivity contribution in [2.45, 2.75) is 51.2 Å². The summed E-state index contributed by atoms with van der Waals surface area (Å²) in [7, 11) is -3.93. The molecular formula is C21H27N2O8P. The van der Waals surface area contributed by atoms with Gasteiger partial charge in [0.15, 0.2) is 0 Å². The van der Waals surface area contributed by atoms with Gasteiger partial charge in [-0.2, -0.15) is 0 Å². The number of H-pyrrole nitrogens is 1. The maximum atomic E-state index is 13.9. The second-order valence-electron chi connectivity index (χ2n) is 7.59. The summed E-state index contributed by atoms with van der Waals surface area (Å²) < 4.78 is 45.0. The van der Waals surface area contributed by atoms with Crippen LogP contribution in [0.4, 0.5) is 0 Å². The number of fused-ring (bicyclic) bond motifs is 1. The molecule has 174 valence electrons. The van der Waals surface area contributed by atoms with E-state index in [2.05, 4.69) is 4.98 Å². The second-order valence-corrected chi connectivity index (χ2v) is 9.69. The number of aromatic amines is 1. The highest BCUT2D eigenvalue weighted by Crippen LogP contribution is 2.68. The number of nitrogens with one attached hydrogen (secondary N) is 1.